The van der Waals surface area contributed by atoms with Gasteiger partial charge in [0.25, 0.3) is 11.5 Å². The fourth-order valence-electron chi connectivity index (χ4n) is 4.87. The first-order valence-corrected chi connectivity index (χ1v) is 12.4. The molecule has 3 aliphatic heterocycles. The molecular formula is C23H28N6O3S. The SMILES string of the molecule is CCCCCN1C(=O)/C(=c2\sc3n(c2=O)NC2C(N=3)N(CC)C(=O)N2CC)c2ccccc21. The van der Waals surface area contributed by atoms with Crippen molar-refractivity contribution in [1.82, 2.24) is 14.5 Å². The van der Waals surface area contributed by atoms with Crippen LogP contribution in [0.2, 0.25) is 0 Å². The minimum absolute atomic E-state index is 0.0910. The molecule has 2 atom stereocenters. The van der Waals surface area contributed by atoms with E-state index in [-0.39, 0.29) is 17.5 Å². The standard InChI is InChI=1S/C23H28N6O3S/c1-4-7-10-13-28-15-12-9-8-11-14(15)16(20(28)30)17-21(31)29-22(33-17)24-18-19(25-29)27(6-3)23(32)26(18)5-2/h8-9,11-12,18-19,25H,4-7,10,13H2,1-3H3/b17-16-. The van der Waals surface area contributed by atoms with Crippen LogP contribution < -0.4 is 25.2 Å². The topological polar surface area (TPSA) is 90.2 Å². The van der Waals surface area contributed by atoms with E-state index in [1.807, 2.05) is 38.1 Å². The van der Waals surface area contributed by atoms with Crippen molar-refractivity contribution in [3.8, 4) is 0 Å². The number of carbonyl (C=O) groups is 2. The number of benzene rings is 1. The van der Waals surface area contributed by atoms with Crippen molar-refractivity contribution >= 4 is 34.5 Å². The summed E-state index contributed by atoms with van der Waals surface area (Å²) in [5, 5.41) is 0. The number of thiazole rings is 1. The number of hydrogen-bond acceptors (Lipinski definition) is 6. The Bertz CT molecular complexity index is 1300. The molecule has 2 unspecified atom stereocenters. The lowest BCUT2D eigenvalue weighted by molar-refractivity contribution is -0.113. The van der Waals surface area contributed by atoms with Gasteiger partial charge >= 0.3 is 6.03 Å². The number of para-hydroxylation sites is 1. The summed E-state index contributed by atoms with van der Waals surface area (Å²) in [4.78, 5) is 50.1. The summed E-state index contributed by atoms with van der Waals surface area (Å²) >= 11 is 1.21. The summed E-state index contributed by atoms with van der Waals surface area (Å²) in [5.74, 6) is -0.135. The molecule has 0 aliphatic carbocycles. The molecule has 0 spiro atoms. The van der Waals surface area contributed by atoms with Gasteiger partial charge in [-0.1, -0.05) is 49.3 Å². The maximum atomic E-state index is 13.5. The predicted molar refractivity (Wildman–Crippen MR) is 127 cm³/mol. The molecule has 3 aliphatic rings. The van der Waals surface area contributed by atoms with Crippen LogP contribution in [0, 0.1) is 0 Å². The molecule has 2 aromatic rings. The largest absolute Gasteiger partial charge is 0.323 e. The second kappa shape index (κ2) is 8.33. The molecule has 0 bridgehead atoms. The van der Waals surface area contributed by atoms with E-state index in [2.05, 4.69) is 12.3 Å². The predicted octanol–water partition coefficient (Wildman–Crippen LogP) is 1.25. The second-order valence-corrected chi connectivity index (χ2v) is 9.36. The van der Waals surface area contributed by atoms with Gasteiger partial charge in [0.1, 0.15) is 4.53 Å². The molecule has 1 N–H and O–H groups in total. The number of urea groups is 1. The minimum atomic E-state index is -0.419. The van der Waals surface area contributed by atoms with Crippen LogP contribution in [0.25, 0.3) is 5.57 Å². The number of nitrogens with one attached hydrogen (secondary N) is 1. The van der Waals surface area contributed by atoms with Crippen LogP contribution in [0.5, 0.6) is 0 Å². The fourth-order valence-corrected chi connectivity index (χ4v) is 5.92. The van der Waals surface area contributed by atoms with Gasteiger partial charge in [-0.05, 0) is 26.3 Å². The molecule has 1 aromatic carbocycles. The van der Waals surface area contributed by atoms with E-state index >= 15 is 0 Å². The Morgan fingerprint density at radius 2 is 1.79 bits per heavy atom. The number of likely N-dealkylation sites (N-methyl/N-ethyl adjacent to an activating group) is 2. The van der Waals surface area contributed by atoms with Gasteiger partial charge in [-0.2, -0.15) is 4.68 Å². The van der Waals surface area contributed by atoms with Crippen LogP contribution in [0.4, 0.5) is 10.5 Å². The van der Waals surface area contributed by atoms with Crippen molar-refractivity contribution in [1.29, 1.82) is 0 Å². The van der Waals surface area contributed by atoms with E-state index < -0.39 is 12.3 Å². The van der Waals surface area contributed by atoms with E-state index in [1.54, 1.807) is 14.7 Å². The Labute approximate surface area is 195 Å². The molecule has 5 rings (SSSR count). The number of aromatic nitrogens is 1. The lowest BCUT2D eigenvalue weighted by atomic mass is 10.1. The van der Waals surface area contributed by atoms with Crippen LogP contribution in [0.3, 0.4) is 0 Å². The van der Waals surface area contributed by atoms with Crippen molar-refractivity contribution in [3.63, 3.8) is 0 Å². The maximum absolute atomic E-state index is 13.5. The molecule has 174 valence electrons. The van der Waals surface area contributed by atoms with Gasteiger partial charge < -0.3 is 4.90 Å². The van der Waals surface area contributed by atoms with E-state index in [0.29, 0.717) is 34.5 Å². The molecule has 33 heavy (non-hydrogen) atoms. The maximum Gasteiger partial charge on any atom is 0.323 e. The number of anilines is 1. The highest BCUT2D eigenvalue weighted by Gasteiger charge is 2.47. The summed E-state index contributed by atoms with van der Waals surface area (Å²) < 4.78 is 1.79. The van der Waals surface area contributed by atoms with Crippen molar-refractivity contribution in [2.75, 3.05) is 30.0 Å². The Balaban J connectivity index is 1.65. The third-order valence-electron chi connectivity index (χ3n) is 6.53. The van der Waals surface area contributed by atoms with E-state index in [4.69, 9.17) is 4.99 Å². The highest BCUT2D eigenvalue weighted by atomic mass is 32.1. The number of rotatable bonds is 6. The van der Waals surface area contributed by atoms with Crippen LogP contribution in [-0.2, 0) is 4.79 Å². The first kappa shape index (κ1) is 21.7. The quantitative estimate of drug-likeness (QED) is 0.646. The zero-order chi connectivity index (χ0) is 23.3. The summed E-state index contributed by atoms with van der Waals surface area (Å²) in [7, 11) is 0. The molecule has 1 aromatic heterocycles. The average molecular weight is 469 g/mol. The minimum Gasteiger partial charge on any atom is -0.308 e. The zero-order valence-electron chi connectivity index (χ0n) is 19.1. The van der Waals surface area contributed by atoms with Crippen LogP contribution in [0.15, 0.2) is 34.1 Å². The third-order valence-corrected chi connectivity index (χ3v) is 7.59. The number of hydrogen-bond donors (Lipinski definition) is 1. The first-order valence-electron chi connectivity index (χ1n) is 11.6. The van der Waals surface area contributed by atoms with Crippen LogP contribution >= 0.6 is 11.3 Å². The molecular weight excluding hydrogens is 440 g/mol. The van der Waals surface area contributed by atoms with Crippen LogP contribution in [-0.4, -0.2) is 58.4 Å². The number of amides is 3. The van der Waals surface area contributed by atoms with E-state index in [1.165, 1.54) is 16.0 Å². The highest BCUT2D eigenvalue weighted by molar-refractivity contribution is 7.07. The number of nitrogens with zero attached hydrogens (tertiary/aromatic N) is 5. The molecule has 10 heteroatoms. The summed E-state index contributed by atoms with van der Waals surface area (Å²) in [6, 6.07) is 7.56. The van der Waals surface area contributed by atoms with Crippen molar-refractivity contribution in [3.05, 3.63) is 49.5 Å². The summed E-state index contributed by atoms with van der Waals surface area (Å²) in [6.07, 6.45) is 2.20. The lowest BCUT2D eigenvalue weighted by Gasteiger charge is -2.28. The summed E-state index contributed by atoms with van der Waals surface area (Å²) in [6.45, 7) is 7.63. The van der Waals surface area contributed by atoms with Gasteiger partial charge in [-0.3, -0.25) is 24.8 Å². The van der Waals surface area contributed by atoms with E-state index in [9.17, 15) is 14.4 Å². The van der Waals surface area contributed by atoms with Gasteiger partial charge in [0, 0.05) is 25.2 Å². The Hall–Kier alpha value is -3.14. The molecule has 3 amide bonds. The van der Waals surface area contributed by atoms with Gasteiger partial charge in [-0.15, -0.1) is 0 Å². The fraction of sp³-hybridized carbons (Fsp3) is 0.478. The highest BCUT2D eigenvalue weighted by Crippen LogP contribution is 2.35. The lowest BCUT2D eigenvalue weighted by Crippen LogP contribution is -2.55. The van der Waals surface area contributed by atoms with E-state index in [0.717, 1.165) is 30.5 Å². The van der Waals surface area contributed by atoms with Gasteiger partial charge in [0.15, 0.2) is 12.3 Å². The number of fused-ring (bicyclic) bond motifs is 3. The van der Waals surface area contributed by atoms with Crippen molar-refractivity contribution in [2.24, 2.45) is 4.99 Å². The molecule has 0 radical (unpaired) electrons. The monoisotopic (exact) mass is 468 g/mol. The molecule has 4 heterocycles. The van der Waals surface area contributed by atoms with Gasteiger partial charge in [-0.25, -0.2) is 9.79 Å². The zero-order valence-corrected chi connectivity index (χ0v) is 19.9. The molecule has 1 saturated heterocycles. The van der Waals surface area contributed by atoms with Crippen molar-refractivity contribution in [2.45, 2.75) is 52.4 Å². The smallest absolute Gasteiger partial charge is 0.308 e. The molecule has 9 nitrogen and oxygen atoms in total. The van der Waals surface area contributed by atoms with Crippen LogP contribution in [0.1, 0.15) is 45.6 Å². The molecule has 0 saturated carbocycles. The second-order valence-electron chi connectivity index (χ2n) is 8.38. The Morgan fingerprint density at radius 1 is 1.03 bits per heavy atom. The molecule has 1 fully saturated rings. The Morgan fingerprint density at radius 3 is 2.52 bits per heavy atom. The third kappa shape index (κ3) is 3.18. The summed E-state index contributed by atoms with van der Waals surface area (Å²) in [5.41, 5.74) is 4.99. The average Bonchev–Trinajstić information content (AvgIpc) is 3.38. The Kier molecular flexibility index (Phi) is 5.48. The van der Waals surface area contributed by atoms with Crippen molar-refractivity contribution < 1.29 is 9.59 Å². The van der Waals surface area contributed by atoms with Gasteiger partial charge in [0.05, 0.1) is 11.3 Å². The normalized spacial score (nSPS) is 22.8. The number of unbranched alkanes of at least 4 members (excludes halogenated alkanes) is 2. The first-order chi connectivity index (χ1) is 16.0. The van der Waals surface area contributed by atoms with Gasteiger partial charge in [0.2, 0.25) is 4.80 Å². The number of carbonyl (C=O) groups excluding carboxylic acids is 2.